The predicted octanol–water partition coefficient (Wildman–Crippen LogP) is 2.75. The topological polar surface area (TPSA) is 49.9 Å². The molecule has 0 atom stereocenters. The summed E-state index contributed by atoms with van der Waals surface area (Å²) in [4.78, 5) is 26.9. The molecule has 1 saturated heterocycles. The molecule has 2 amide bonds. The number of ether oxygens (including phenoxy) is 1. The van der Waals surface area contributed by atoms with E-state index < -0.39 is 11.6 Å². The van der Waals surface area contributed by atoms with Crippen LogP contribution in [0.5, 0.6) is 0 Å². The Morgan fingerprint density at radius 3 is 2.52 bits per heavy atom. The molecule has 2 aromatic carbocycles. The van der Waals surface area contributed by atoms with Crippen LogP contribution in [0.15, 0.2) is 48.5 Å². The second-order valence-electron chi connectivity index (χ2n) is 6.41. The van der Waals surface area contributed by atoms with Gasteiger partial charge < -0.3 is 14.5 Å². The molecule has 27 heavy (non-hydrogen) atoms. The highest BCUT2D eigenvalue weighted by Crippen LogP contribution is 2.20. The molecule has 2 aromatic rings. The van der Waals surface area contributed by atoms with Crippen molar-refractivity contribution in [2.75, 3.05) is 24.6 Å². The molecule has 7 heteroatoms. The van der Waals surface area contributed by atoms with Crippen molar-refractivity contribution in [1.29, 1.82) is 0 Å². The summed E-state index contributed by atoms with van der Waals surface area (Å²) in [5, 5.41) is 0. The molecule has 0 unspecified atom stereocenters. The number of carbonyl (C=O) groups is 2. The molecule has 0 radical (unpaired) electrons. The van der Waals surface area contributed by atoms with E-state index in [0.717, 1.165) is 18.2 Å². The molecule has 0 spiro atoms. The van der Waals surface area contributed by atoms with Crippen molar-refractivity contribution in [3.63, 3.8) is 0 Å². The number of amides is 2. The van der Waals surface area contributed by atoms with Crippen LogP contribution in [0, 0.1) is 11.6 Å². The van der Waals surface area contributed by atoms with Crippen molar-refractivity contribution < 1.29 is 23.1 Å². The van der Waals surface area contributed by atoms with E-state index in [1.807, 2.05) is 0 Å². The van der Waals surface area contributed by atoms with Gasteiger partial charge in [0.2, 0.25) is 5.91 Å². The molecule has 0 N–H and O–H groups in total. The van der Waals surface area contributed by atoms with Gasteiger partial charge in [-0.25, -0.2) is 8.78 Å². The molecule has 1 heterocycles. The fourth-order valence-electron chi connectivity index (χ4n) is 2.83. The third-order valence-electron chi connectivity index (χ3n) is 4.44. The average molecular weight is 374 g/mol. The van der Waals surface area contributed by atoms with E-state index in [9.17, 15) is 18.4 Å². The van der Waals surface area contributed by atoms with Crippen LogP contribution in [-0.2, 0) is 20.9 Å². The van der Waals surface area contributed by atoms with Crippen LogP contribution in [0.3, 0.4) is 0 Å². The molecule has 1 aliphatic rings. The van der Waals surface area contributed by atoms with Crippen molar-refractivity contribution in [2.45, 2.75) is 19.6 Å². The molecule has 0 aliphatic carbocycles. The molecule has 1 aliphatic heterocycles. The van der Waals surface area contributed by atoms with E-state index in [2.05, 4.69) is 0 Å². The summed E-state index contributed by atoms with van der Waals surface area (Å²) in [6.07, 6.45) is -0.193. The van der Waals surface area contributed by atoms with Crippen molar-refractivity contribution >= 4 is 17.5 Å². The number of carbonyl (C=O) groups excluding carboxylic acids is 2. The summed E-state index contributed by atoms with van der Waals surface area (Å²) in [6.45, 7) is 2.06. The van der Waals surface area contributed by atoms with Gasteiger partial charge in [0.05, 0.1) is 12.6 Å². The van der Waals surface area contributed by atoms with Crippen molar-refractivity contribution in [3.05, 3.63) is 65.7 Å². The first-order valence-corrected chi connectivity index (χ1v) is 8.60. The SMILES string of the molecule is CC(=O)N1CC(OCC(=O)N(Cc2cc(F)ccc2F)c2ccccc2)C1. The molecule has 0 bridgehead atoms. The number of hydrogen-bond acceptors (Lipinski definition) is 3. The number of para-hydroxylation sites is 1. The molecule has 0 aromatic heterocycles. The van der Waals surface area contributed by atoms with Crippen molar-refractivity contribution in [3.8, 4) is 0 Å². The summed E-state index contributed by atoms with van der Waals surface area (Å²) in [5.74, 6) is -1.55. The van der Waals surface area contributed by atoms with Crippen LogP contribution in [0.2, 0.25) is 0 Å². The number of benzene rings is 2. The number of nitrogens with zero attached hydrogens (tertiary/aromatic N) is 2. The van der Waals surface area contributed by atoms with Crippen LogP contribution in [0.4, 0.5) is 14.5 Å². The molecule has 5 nitrogen and oxygen atoms in total. The number of anilines is 1. The molecule has 1 fully saturated rings. The molecule has 0 saturated carbocycles. The Morgan fingerprint density at radius 1 is 1.15 bits per heavy atom. The first-order chi connectivity index (χ1) is 12.9. The first kappa shape index (κ1) is 19.0. The molecular formula is C20H20F2N2O3. The minimum Gasteiger partial charge on any atom is -0.365 e. The minimum atomic E-state index is -0.581. The maximum absolute atomic E-state index is 14.0. The minimum absolute atomic E-state index is 0.0336. The highest BCUT2D eigenvalue weighted by molar-refractivity contribution is 5.94. The van der Waals surface area contributed by atoms with E-state index in [1.54, 1.807) is 35.2 Å². The average Bonchev–Trinajstić information content (AvgIpc) is 2.61. The Kier molecular flexibility index (Phi) is 5.81. The Labute approximate surface area is 156 Å². The Hall–Kier alpha value is -2.80. The van der Waals surface area contributed by atoms with Gasteiger partial charge >= 0.3 is 0 Å². The second-order valence-corrected chi connectivity index (χ2v) is 6.41. The van der Waals surface area contributed by atoms with Crippen LogP contribution in [0.1, 0.15) is 12.5 Å². The molecular weight excluding hydrogens is 354 g/mol. The second kappa shape index (κ2) is 8.26. The number of halogens is 2. The fraction of sp³-hybridized carbons (Fsp3) is 0.300. The summed E-state index contributed by atoms with van der Waals surface area (Å²) in [7, 11) is 0. The zero-order chi connectivity index (χ0) is 19.4. The number of rotatable bonds is 6. The molecule has 142 valence electrons. The maximum atomic E-state index is 14.0. The van der Waals surface area contributed by atoms with Crippen LogP contribution in [0.25, 0.3) is 0 Å². The zero-order valence-electron chi connectivity index (χ0n) is 14.9. The zero-order valence-corrected chi connectivity index (χ0v) is 14.9. The fourth-order valence-corrected chi connectivity index (χ4v) is 2.83. The summed E-state index contributed by atoms with van der Waals surface area (Å²) in [6, 6.07) is 11.9. The molecule has 3 rings (SSSR count). The highest BCUT2D eigenvalue weighted by Gasteiger charge is 2.30. The number of hydrogen-bond donors (Lipinski definition) is 0. The lowest BCUT2D eigenvalue weighted by molar-refractivity contribution is -0.145. The Morgan fingerprint density at radius 2 is 1.85 bits per heavy atom. The van der Waals surface area contributed by atoms with E-state index in [4.69, 9.17) is 4.74 Å². The van der Waals surface area contributed by atoms with Gasteiger partial charge in [0.15, 0.2) is 0 Å². The quantitative estimate of drug-likeness (QED) is 0.781. The van der Waals surface area contributed by atoms with Gasteiger partial charge in [0.1, 0.15) is 18.2 Å². The van der Waals surface area contributed by atoms with Gasteiger partial charge in [-0.3, -0.25) is 9.59 Å². The lowest BCUT2D eigenvalue weighted by Gasteiger charge is -2.38. The lowest BCUT2D eigenvalue weighted by atomic mass is 10.1. The standard InChI is InChI=1S/C20H20F2N2O3/c1-14(25)23-11-18(12-23)27-13-20(26)24(17-5-3-2-4-6-17)10-15-9-16(21)7-8-19(15)22/h2-9,18H,10-13H2,1H3. The van der Waals surface area contributed by atoms with Crippen LogP contribution in [-0.4, -0.2) is 42.5 Å². The van der Waals surface area contributed by atoms with Gasteiger partial charge in [0, 0.05) is 31.3 Å². The monoisotopic (exact) mass is 374 g/mol. The summed E-state index contributed by atoms with van der Waals surface area (Å²) >= 11 is 0. The number of likely N-dealkylation sites (tertiary alicyclic amines) is 1. The Bertz CT molecular complexity index is 823. The van der Waals surface area contributed by atoms with E-state index in [0.29, 0.717) is 18.8 Å². The van der Waals surface area contributed by atoms with E-state index in [1.165, 1.54) is 11.8 Å². The van der Waals surface area contributed by atoms with Gasteiger partial charge in [-0.15, -0.1) is 0 Å². The van der Waals surface area contributed by atoms with Crippen LogP contribution < -0.4 is 4.90 Å². The van der Waals surface area contributed by atoms with Gasteiger partial charge in [-0.1, -0.05) is 18.2 Å². The Balaban J connectivity index is 1.69. The summed E-state index contributed by atoms with van der Waals surface area (Å²) in [5.41, 5.74) is 0.646. The van der Waals surface area contributed by atoms with Crippen molar-refractivity contribution in [1.82, 2.24) is 4.90 Å². The van der Waals surface area contributed by atoms with E-state index >= 15 is 0 Å². The smallest absolute Gasteiger partial charge is 0.253 e. The first-order valence-electron chi connectivity index (χ1n) is 8.60. The third kappa shape index (κ3) is 4.68. The normalized spacial score (nSPS) is 14.0. The van der Waals surface area contributed by atoms with Crippen LogP contribution >= 0.6 is 0 Å². The van der Waals surface area contributed by atoms with E-state index in [-0.39, 0.29) is 36.6 Å². The maximum Gasteiger partial charge on any atom is 0.253 e. The predicted molar refractivity (Wildman–Crippen MR) is 96.0 cm³/mol. The van der Waals surface area contributed by atoms with Crippen molar-refractivity contribution in [2.24, 2.45) is 0 Å². The largest absolute Gasteiger partial charge is 0.365 e. The summed E-state index contributed by atoms with van der Waals surface area (Å²) < 4.78 is 33.1. The van der Waals surface area contributed by atoms with Gasteiger partial charge in [-0.05, 0) is 30.3 Å². The van der Waals surface area contributed by atoms with Gasteiger partial charge in [-0.2, -0.15) is 0 Å². The highest BCUT2D eigenvalue weighted by atomic mass is 19.1. The third-order valence-corrected chi connectivity index (χ3v) is 4.44. The van der Waals surface area contributed by atoms with Gasteiger partial charge in [0.25, 0.3) is 5.91 Å². The lowest BCUT2D eigenvalue weighted by Crippen LogP contribution is -2.54.